The average Bonchev–Trinajstić information content (AvgIpc) is 2.78. The Kier molecular flexibility index (Phi) is 8.10. The van der Waals surface area contributed by atoms with Crippen molar-refractivity contribution in [3.8, 4) is 0 Å². The zero-order valence-corrected chi connectivity index (χ0v) is 18.9. The Bertz CT molecular complexity index is 909. The Balaban J connectivity index is 1.57. The van der Waals surface area contributed by atoms with E-state index in [0.29, 0.717) is 37.4 Å². The Morgan fingerprint density at radius 2 is 1.71 bits per heavy atom. The number of rotatable bonds is 10. The molecule has 0 radical (unpaired) electrons. The molecule has 1 fully saturated rings. The van der Waals surface area contributed by atoms with Gasteiger partial charge in [0.25, 0.3) is 0 Å². The van der Waals surface area contributed by atoms with E-state index in [4.69, 9.17) is 5.73 Å². The molecule has 1 unspecified atom stereocenters. The number of pyridine rings is 1. The summed E-state index contributed by atoms with van der Waals surface area (Å²) >= 11 is 0. The lowest BCUT2D eigenvalue weighted by Crippen LogP contribution is -2.34. The summed E-state index contributed by atoms with van der Waals surface area (Å²) in [6, 6.07) is 2.87. The van der Waals surface area contributed by atoms with E-state index in [2.05, 4.69) is 35.3 Å². The van der Waals surface area contributed by atoms with Gasteiger partial charge >= 0.3 is 0 Å². The summed E-state index contributed by atoms with van der Waals surface area (Å²) in [5.41, 5.74) is 6.54. The first kappa shape index (κ1) is 23.3. The van der Waals surface area contributed by atoms with Crippen molar-refractivity contribution in [2.75, 3.05) is 30.3 Å². The lowest BCUT2D eigenvalue weighted by Gasteiger charge is -2.31. The van der Waals surface area contributed by atoms with Gasteiger partial charge in [0.15, 0.2) is 5.82 Å². The highest BCUT2D eigenvalue weighted by Gasteiger charge is 2.29. The maximum atomic E-state index is 12.4. The molecule has 31 heavy (non-hydrogen) atoms. The number of hydrogen-bond donors (Lipinski definition) is 4. The van der Waals surface area contributed by atoms with Crippen LogP contribution in [0.25, 0.3) is 0 Å². The molecule has 1 aliphatic carbocycles. The molecule has 1 saturated carbocycles. The van der Waals surface area contributed by atoms with E-state index in [1.807, 2.05) is 13.8 Å². The molecule has 0 amide bonds. The van der Waals surface area contributed by atoms with Crippen molar-refractivity contribution >= 4 is 21.9 Å². The van der Waals surface area contributed by atoms with E-state index in [1.165, 1.54) is 6.20 Å². The molecule has 1 aliphatic rings. The van der Waals surface area contributed by atoms with Crippen LogP contribution in [0.5, 0.6) is 0 Å². The maximum absolute atomic E-state index is 12.4. The summed E-state index contributed by atoms with van der Waals surface area (Å²) in [7, 11) is -3.53. The SMILES string of the molecule is CCNc1nc(NCC)nc(C(N)C2CCC(CNS(=O)(=O)c3cccnc3)CC2)n1. The number of sulfonamides is 1. The highest BCUT2D eigenvalue weighted by atomic mass is 32.2. The fourth-order valence-electron chi connectivity index (χ4n) is 3.79. The van der Waals surface area contributed by atoms with Gasteiger partial charge in [-0.3, -0.25) is 4.98 Å². The fourth-order valence-corrected chi connectivity index (χ4v) is 4.87. The molecule has 0 aromatic carbocycles. The predicted molar refractivity (Wildman–Crippen MR) is 120 cm³/mol. The van der Waals surface area contributed by atoms with Gasteiger partial charge in [0.1, 0.15) is 4.90 Å². The van der Waals surface area contributed by atoms with Gasteiger partial charge < -0.3 is 16.4 Å². The first-order valence-electron chi connectivity index (χ1n) is 10.8. The molecule has 2 aromatic rings. The van der Waals surface area contributed by atoms with Gasteiger partial charge in [0.2, 0.25) is 21.9 Å². The largest absolute Gasteiger partial charge is 0.354 e. The summed E-state index contributed by atoms with van der Waals surface area (Å²) in [4.78, 5) is 17.4. The molecule has 3 rings (SSSR count). The smallest absolute Gasteiger partial charge is 0.242 e. The monoisotopic (exact) mass is 448 g/mol. The van der Waals surface area contributed by atoms with Crippen LogP contribution in [0.4, 0.5) is 11.9 Å². The summed E-state index contributed by atoms with van der Waals surface area (Å²) in [5, 5.41) is 6.26. The molecular weight excluding hydrogens is 416 g/mol. The highest BCUT2D eigenvalue weighted by molar-refractivity contribution is 7.89. The van der Waals surface area contributed by atoms with E-state index in [9.17, 15) is 8.42 Å². The standard InChI is InChI=1S/C20H32N8O2S/c1-3-23-19-26-18(27-20(28-19)24-4-2)17(21)15-9-7-14(8-10-15)12-25-31(29,30)16-6-5-11-22-13-16/h5-6,11,13-15,17,25H,3-4,7-10,12,21H2,1-2H3,(H2,23,24,26,27,28). The number of nitrogens with two attached hydrogens (primary N) is 1. The van der Waals surface area contributed by atoms with Crippen molar-refractivity contribution in [1.82, 2.24) is 24.7 Å². The van der Waals surface area contributed by atoms with Gasteiger partial charge in [-0.1, -0.05) is 0 Å². The Hall–Kier alpha value is -2.37. The third-order valence-electron chi connectivity index (χ3n) is 5.53. The minimum atomic E-state index is -3.53. The molecule has 11 heteroatoms. The highest BCUT2D eigenvalue weighted by Crippen LogP contribution is 2.35. The van der Waals surface area contributed by atoms with Crippen molar-refractivity contribution < 1.29 is 8.42 Å². The minimum Gasteiger partial charge on any atom is -0.354 e. The van der Waals surface area contributed by atoms with Crippen LogP contribution in [0, 0.1) is 11.8 Å². The van der Waals surface area contributed by atoms with Crippen molar-refractivity contribution in [3.63, 3.8) is 0 Å². The topological polar surface area (TPSA) is 148 Å². The van der Waals surface area contributed by atoms with Crippen LogP contribution in [-0.2, 0) is 10.0 Å². The van der Waals surface area contributed by atoms with Gasteiger partial charge in [-0.05, 0) is 63.5 Å². The first-order chi connectivity index (χ1) is 14.9. The molecule has 170 valence electrons. The third kappa shape index (κ3) is 6.31. The van der Waals surface area contributed by atoms with E-state index >= 15 is 0 Å². The van der Waals surface area contributed by atoms with Crippen LogP contribution in [0.3, 0.4) is 0 Å². The van der Waals surface area contributed by atoms with Gasteiger partial charge in [-0.2, -0.15) is 15.0 Å². The molecule has 2 heterocycles. The number of nitrogens with zero attached hydrogens (tertiary/aromatic N) is 4. The van der Waals surface area contributed by atoms with Gasteiger partial charge in [0.05, 0.1) is 6.04 Å². The van der Waals surface area contributed by atoms with Crippen LogP contribution in [0.15, 0.2) is 29.4 Å². The molecule has 0 spiro atoms. The van der Waals surface area contributed by atoms with Crippen molar-refractivity contribution in [3.05, 3.63) is 30.4 Å². The number of hydrogen-bond acceptors (Lipinski definition) is 9. The lowest BCUT2D eigenvalue weighted by molar-refractivity contribution is 0.240. The van der Waals surface area contributed by atoms with E-state index in [0.717, 1.165) is 25.7 Å². The molecule has 2 aromatic heterocycles. The molecular formula is C20H32N8O2S. The van der Waals surface area contributed by atoms with Gasteiger partial charge in [0, 0.05) is 32.0 Å². The van der Waals surface area contributed by atoms with Gasteiger partial charge in [-0.15, -0.1) is 0 Å². The third-order valence-corrected chi connectivity index (χ3v) is 6.94. The van der Waals surface area contributed by atoms with Crippen LogP contribution < -0.4 is 21.1 Å². The molecule has 0 bridgehead atoms. The van der Waals surface area contributed by atoms with E-state index in [-0.39, 0.29) is 22.8 Å². The number of anilines is 2. The quantitative estimate of drug-likeness (QED) is 0.428. The van der Waals surface area contributed by atoms with Crippen molar-refractivity contribution in [2.45, 2.75) is 50.5 Å². The summed E-state index contributed by atoms with van der Waals surface area (Å²) in [6.07, 6.45) is 6.52. The number of nitrogens with one attached hydrogen (secondary N) is 3. The Labute approximate surface area is 183 Å². The maximum Gasteiger partial charge on any atom is 0.242 e. The van der Waals surface area contributed by atoms with Crippen molar-refractivity contribution in [2.24, 2.45) is 17.6 Å². The molecule has 0 saturated heterocycles. The zero-order valence-electron chi connectivity index (χ0n) is 18.1. The number of aromatic nitrogens is 4. The average molecular weight is 449 g/mol. The Morgan fingerprint density at radius 3 is 2.26 bits per heavy atom. The second kappa shape index (κ2) is 10.8. The van der Waals surface area contributed by atoms with Gasteiger partial charge in [-0.25, -0.2) is 13.1 Å². The van der Waals surface area contributed by atoms with Crippen LogP contribution >= 0.6 is 0 Å². The second-order valence-electron chi connectivity index (χ2n) is 7.75. The van der Waals surface area contributed by atoms with Crippen molar-refractivity contribution in [1.29, 1.82) is 0 Å². The molecule has 10 nitrogen and oxygen atoms in total. The summed E-state index contributed by atoms with van der Waals surface area (Å²) in [5.74, 6) is 2.16. The van der Waals surface area contributed by atoms with Crippen LogP contribution in [0.1, 0.15) is 51.4 Å². The lowest BCUT2D eigenvalue weighted by atomic mass is 9.78. The normalized spacial score (nSPS) is 20.2. The molecule has 0 aliphatic heterocycles. The van der Waals surface area contributed by atoms with Crippen LogP contribution in [-0.4, -0.2) is 48.0 Å². The van der Waals surface area contributed by atoms with E-state index < -0.39 is 10.0 Å². The summed E-state index contributed by atoms with van der Waals surface area (Å²) < 4.78 is 27.5. The predicted octanol–water partition coefficient (Wildman–Crippen LogP) is 1.91. The zero-order chi connectivity index (χ0) is 22.3. The second-order valence-corrected chi connectivity index (χ2v) is 9.52. The first-order valence-corrected chi connectivity index (χ1v) is 12.3. The fraction of sp³-hybridized carbons (Fsp3) is 0.600. The Morgan fingerprint density at radius 1 is 1.06 bits per heavy atom. The molecule has 5 N–H and O–H groups in total. The van der Waals surface area contributed by atoms with Crippen LogP contribution in [0.2, 0.25) is 0 Å². The molecule has 1 atom stereocenters. The summed E-state index contributed by atoms with van der Waals surface area (Å²) in [6.45, 7) is 5.81. The van der Waals surface area contributed by atoms with E-state index in [1.54, 1.807) is 18.3 Å². The minimum absolute atomic E-state index is 0.188.